The maximum atomic E-state index is 11.4. The van der Waals surface area contributed by atoms with E-state index in [0.29, 0.717) is 12.5 Å². The molecule has 6 nitrogen and oxygen atoms in total. The van der Waals surface area contributed by atoms with Crippen molar-refractivity contribution in [3.05, 3.63) is 12.2 Å². The molecule has 0 aromatic carbocycles. The molecular weight excluding hydrogens is 308 g/mol. The first-order valence-corrected chi connectivity index (χ1v) is 8.71. The monoisotopic (exact) mass is 340 g/mol. The van der Waals surface area contributed by atoms with Gasteiger partial charge in [-0.15, -0.1) is 0 Å². The average molecular weight is 340 g/mol. The van der Waals surface area contributed by atoms with Gasteiger partial charge >= 0.3 is 5.97 Å². The molecule has 0 atom stereocenters. The third-order valence-corrected chi connectivity index (χ3v) is 4.58. The Kier molecular flexibility index (Phi) is 7.57. The first kappa shape index (κ1) is 20.8. The van der Waals surface area contributed by atoms with Crippen molar-refractivity contribution in [3.63, 3.8) is 0 Å². The van der Waals surface area contributed by atoms with Crippen LogP contribution >= 0.6 is 0 Å². The summed E-state index contributed by atoms with van der Waals surface area (Å²) in [5.74, 6) is -1.23. The van der Waals surface area contributed by atoms with Crippen LogP contribution in [0.4, 0.5) is 0 Å². The Balaban J connectivity index is 2.22. The molecule has 0 aliphatic carbocycles. The highest BCUT2D eigenvalue weighted by molar-refractivity contribution is 5.95. The average Bonchev–Trinajstić information content (AvgIpc) is 2.45. The Labute approximate surface area is 144 Å². The Hall–Kier alpha value is -1.24. The third kappa shape index (κ3) is 6.71. The maximum absolute atomic E-state index is 11.4. The summed E-state index contributed by atoms with van der Waals surface area (Å²) in [6, 6.07) is 0.374. The molecule has 3 N–H and O–H groups in total. The van der Waals surface area contributed by atoms with Crippen LogP contribution in [0.3, 0.4) is 0 Å². The zero-order valence-corrected chi connectivity index (χ0v) is 15.3. The van der Waals surface area contributed by atoms with Gasteiger partial charge in [0.1, 0.15) is 0 Å². The lowest BCUT2D eigenvalue weighted by Gasteiger charge is -2.51. The van der Waals surface area contributed by atoms with Crippen molar-refractivity contribution in [1.82, 2.24) is 10.4 Å². The number of carboxylic acid groups (broad SMARTS) is 1. The number of hydroxylamine groups is 2. The molecule has 138 valence electrons. The van der Waals surface area contributed by atoms with Crippen molar-refractivity contribution in [2.75, 3.05) is 6.54 Å². The fraction of sp³-hybridized carbons (Fsp3) is 0.778. The van der Waals surface area contributed by atoms with E-state index in [1.807, 2.05) is 0 Å². The summed E-state index contributed by atoms with van der Waals surface area (Å²) < 4.78 is 0. The summed E-state index contributed by atoms with van der Waals surface area (Å²) in [4.78, 5) is 21.7. The van der Waals surface area contributed by atoms with Crippen LogP contribution in [0.5, 0.6) is 0 Å². The fourth-order valence-electron chi connectivity index (χ4n) is 3.57. The number of piperidine rings is 1. The summed E-state index contributed by atoms with van der Waals surface area (Å²) in [6.07, 6.45) is 6.90. The van der Waals surface area contributed by atoms with Gasteiger partial charge in [-0.25, -0.2) is 4.79 Å². The summed E-state index contributed by atoms with van der Waals surface area (Å²) in [6.45, 7) is 9.11. The van der Waals surface area contributed by atoms with E-state index in [1.165, 1.54) is 5.06 Å². The fourth-order valence-corrected chi connectivity index (χ4v) is 3.57. The van der Waals surface area contributed by atoms with E-state index in [-0.39, 0.29) is 16.9 Å². The molecule has 1 aliphatic rings. The van der Waals surface area contributed by atoms with Crippen molar-refractivity contribution < 1.29 is 19.9 Å². The number of hydrogen-bond acceptors (Lipinski definition) is 5. The first-order valence-electron chi connectivity index (χ1n) is 8.71. The van der Waals surface area contributed by atoms with Gasteiger partial charge in [0.15, 0.2) is 5.78 Å². The van der Waals surface area contributed by atoms with E-state index in [9.17, 15) is 14.8 Å². The first-order chi connectivity index (χ1) is 11.0. The molecule has 0 saturated carbocycles. The Bertz CT molecular complexity index is 454. The minimum atomic E-state index is -1.09. The van der Waals surface area contributed by atoms with Crippen LogP contribution in [0, 0.1) is 0 Å². The third-order valence-electron chi connectivity index (χ3n) is 4.58. The van der Waals surface area contributed by atoms with Gasteiger partial charge in [0, 0.05) is 29.6 Å². The van der Waals surface area contributed by atoms with Crippen molar-refractivity contribution >= 4 is 11.8 Å². The summed E-state index contributed by atoms with van der Waals surface area (Å²) in [5, 5.41) is 23.8. The Morgan fingerprint density at radius 3 is 2.21 bits per heavy atom. The molecule has 1 rings (SSSR count). The second-order valence-electron chi connectivity index (χ2n) is 7.94. The highest BCUT2D eigenvalue weighted by atomic mass is 16.5. The van der Waals surface area contributed by atoms with Gasteiger partial charge in [-0.2, -0.15) is 5.06 Å². The van der Waals surface area contributed by atoms with Crippen LogP contribution in [0.1, 0.15) is 66.2 Å². The second kappa shape index (κ2) is 8.74. The molecule has 0 radical (unpaired) electrons. The Morgan fingerprint density at radius 2 is 1.67 bits per heavy atom. The van der Waals surface area contributed by atoms with E-state index in [4.69, 9.17) is 5.11 Å². The number of unbranched alkanes of at least 4 members (excludes halogenated alkanes) is 2. The summed E-state index contributed by atoms with van der Waals surface area (Å²) in [7, 11) is 0. The van der Waals surface area contributed by atoms with E-state index in [2.05, 4.69) is 33.0 Å². The van der Waals surface area contributed by atoms with Gasteiger partial charge < -0.3 is 15.6 Å². The molecule has 0 unspecified atom stereocenters. The van der Waals surface area contributed by atoms with Crippen molar-refractivity contribution in [2.45, 2.75) is 83.3 Å². The smallest absolute Gasteiger partial charge is 0.328 e. The lowest BCUT2D eigenvalue weighted by Crippen LogP contribution is -2.62. The summed E-state index contributed by atoms with van der Waals surface area (Å²) >= 11 is 0. The SMILES string of the molecule is CC1(C)CC(NCCCCCC(=O)/C=C/C(=O)O)CC(C)(C)N1O. The molecule has 1 aliphatic heterocycles. The highest BCUT2D eigenvalue weighted by Gasteiger charge is 2.44. The molecule has 1 heterocycles. The number of hydrogen-bond donors (Lipinski definition) is 3. The van der Waals surface area contributed by atoms with Crippen LogP contribution in [0.25, 0.3) is 0 Å². The number of ketones is 1. The number of carbonyl (C=O) groups excluding carboxylic acids is 1. The lowest BCUT2D eigenvalue weighted by atomic mass is 9.79. The van der Waals surface area contributed by atoms with Crippen LogP contribution in [-0.4, -0.2) is 50.8 Å². The molecule has 1 fully saturated rings. The maximum Gasteiger partial charge on any atom is 0.328 e. The number of nitrogens with one attached hydrogen (secondary N) is 1. The molecule has 6 heteroatoms. The van der Waals surface area contributed by atoms with Gasteiger partial charge in [-0.05, 0) is 66.0 Å². The van der Waals surface area contributed by atoms with Crippen molar-refractivity contribution in [3.8, 4) is 0 Å². The zero-order valence-electron chi connectivity index (χ0n) is 15.3. The van der Waals surface area contributed by atoms with E-state index in [1.54, 1.807) is 0 Å². The summed E-state index contributed by atoms with van der Waals surface area (Å²) in [5.41, 5.74) is -0.495. The minimum Gasteiger partial charge on any atom is -0.478 e. The van der Waals surface area contributed by atoms with Gasteiger partial charge in [0.2, 0.25) is 0 Å². The van der Waals surface area contributed by atoms with Gasteiger partial charge in [0.25, 0.3) is 0 Å². The molecule has 0 aromatic heterocycles. The lowest BCUT2D eigenvalue weighted by molar-refractivity contribution is -0.246. The zero-order chi connectivity index (χ0) is 18.4. The standard InChI is InChI=1S/C18H32N2O4/c1-17(2)12-14(13-18(3,4)20(17)24)19-11-7-5-6-8-15(21)9-10-16(22)23/h9-10,14,19,24H,5-8,11-13H2,1-4H3,(H,22,23)/b10-9+. The van der Waals surface area contributed by atoms with Crippen LogP contribution in [-0.2, 0) is 9.59 Å². The molecule has 0 spiro atoms. The number of aliphatic carboxylic acids is 1. The van der Waals surface area contributed by atoms with Crippen LogP contribution < -0.4 is 5.32 Å². The number of carboxylic acids is 1. The largest absolute Gasteiger partial charge is 0.478 e. The number of carbonyl (C=O) groups is 2. The number of rotatable bonds is 9. The predicted molar refractivity (Wildman–Crippen MR) is 93.1 cm³/mol. The Morgan fingerprint density at radius 1 is 1.08 bits per heavy atom. The van der Waals surface area contributed by atoms with Crippen LogP contribution in [0.15, 0.2) is 12.2 Å². The van der Waals surface area contributed by atoms with E-state index < -0.39 is 5.97 Å². The molecule has 0 aromatic rings. The molecule has 0 amide bonds. The van der Waals surface area contributed by atoms with E-state index >= 15 is 0 Å². The molecule has 24 heavy (non-hydrogen) atoms. The molecule has 0 bridgehead atoms. The quantitative estimate of drug-likeness (QED) is 0.442. The van der Waals surface area contributed by atoms with Gasteiger partial charge in [0.05, 0.1) is 0 Å². The molecule has 1 saturated heterocycles. The minimum absolute atomic E-state index is 0.135. The van der Waals surface area contributed by atoms with Crippen molar-refractivity contribution in [1.29, 1.82) is 0 Å². The number of allylic oxidation sites excluding steroid dienone is 1. The number of nitrogens with zero attached hydrogens (tertiary/aromatic N) is 1. The topological polar surface area (TPSA) is 89.9 Å². The molecular formula is C18H32N2O4. The highest BCUT2D eigenvalue weighted by Crippen LogP contribution is 2.36. The van der Waals surface area contributed by atoms with Crippen molar-refractivity contribution in [2.24, 2.45) is 0 Å². The van der Waals surface area contributed by atoms with E-state index in [0.717, 1.165) is 50.8 Å². The normalized spacial score (nSPS) is 21.2. The van der Waals surface area contributed by atoms with Gasteiger partial charge in [-0.1, -0.05) is 6.42 Å². The van der Waals surface area contributed by atoms with Crippen LogP contribution in [0.2, 0.25) is 0 Å². The van der Waals surface area contributed by atoms with Gasteiger partial charge in [-0.3, -0.25) is 4.79 Å². The predicted octanol–water partition coefficient (Wildman–Crippen LogP) is 2.76. The second-order valence-corrected chi connectivity index (χ2v) is 7.94.